The molecule has 0 amide bonds. The highest BCUT2D eigenvalue weighted by molar-refractivity contribution is 7.92. The molecule has 0 saturated carbocycles. The zero-order chi connectivity index (χ0) is 20.3. The number of hydrogen-bond acceptors (Lipinski definition) is 4. The Kier molecular flexibility index (Phi) is 3.76. The lowest BCUT2D eigenvalue weighted by Gasteiger charge is -2.25. The summed E-state index contributed by atoms with van der Waals surface area (Å²) in [6.07, 6.45) is 0.630. The van der Waals surface area contributed by atoms with Crippen LogP contribution in [0.3, 0.4) is 0 Å². The van der Waals surface area contributed by atoms with E-state index >= 15 is 0 Å². The van der Waals surface area contributed by atoms with E-state index in [4.69, 9.17) is 0 Å². The lowest BCUT2D eigenvalue weighted by molar-refractivity contribution is 0.0979. The standard InChI is InChI=1S/C23H17NO4S/c1-14-12-15-6-2-5-9-21(15)24(14)29(27,28)16-10-11-19-20(13-16)23(26)18-8-4-3-7-17(18)22(19)25/h2-11,13-14H,12H2,1H3. The molecule has 1 heterocycles. The molecule has 3 aromatic rings. The van der Waals surface area contributed by atoms with E-state index in [2.05, 4.69) is 0 Å². The van der Waals surface area contributed by atoms with Crippen LogP contribution in [0, 0.1) is 0 Å². The van der Waals surface area contributed by atoms with Gasteiger partial charge in [-0.2, -0.15) is 0 Å². The molecular formula is C23H17NO4S. The van der Waals surface area contributed by atoms with Gasteiger partial charge in [0.1, 0.15) is 0 Å². The fourth-order valence-electron chi connectivity index (χ4n) is 4.26. The Morgan fingerprint density at radius 3 is 2.10 bits per heavy atom. The molecule has 0 N–H and O–H groups in total. The average molecular weight is 403 g/mol. The lowest BCUT2D eigenvalue weighted by atomic mass is 9.84. The minimum Gasteiger partial charge on any atom is -0.289 e. The predicted molar refractivity (Wildman–Crippen MR) is 109 cm³/mol. The maximum Gasteiger partial charge on any atom is 0.264 e. The molecule has 3 aromatic carbocycles. The quantitative estimate of drug-likeness (QED) is 0.513. The first kappa shape index (κ1) is 17.8. The van der Waals surface area contributed by atoms with Crippen LogP contribution in [-0.4, -0.2) is 26.0 Å². The number of rotatable bonds is 2. The molecule has 0 saturated heterocycles. The van der Waals surface area contributed by atoms with Gasteiger partial charge in [0.05, 0.1) is 10.6 Å². The van der Waals surface area contributed by atoms with E-state index in [9.17, 15) is 18.0 Å². The number of carbonyl (C=O) groups excluding carboxylic acids is 2. The van der Waals surface area contributed by atoms with Gasteiger partial charge in [-0.05, 0) is 43.2 Å². The Bertz CT molecular complexity index is 1310. The fraction of sp³-hybridized carbons (Fsp3) is 0.130. The largest absolute Gasteiger partial charge is 0.289 e. The number of fused-ring (bicyclic) bond motifs is 3. The van der Waals surface area contributed by atoms with Crippen LogP contribution in [-0.2, 0) is 16.4 Å². The van der Waals surface area contributed by atoms with Gasteiger partial charge in [0.15, 0.2) is 11.6 Å². The summed E-state index contributed by atoms with van der Waals surface area (Å²) in [4.78, 5) is 25.7. The van der Waals surface area contributed by atoms with E-state index < -0.39 is 10.0 Å². The first-order chi connectivity index (χ1) is 13.9. The Labute approximate surface area is 168 Å². The van der Waals surface area contributed by atoms with Crippen molar-refractivity contribution in [2.75, 3.05) is 4.31 Å². The summed E-state index contributed by atoms with van der Waals surface area (Å²) >= 11 is 0. The minimum absolute atomic E-state index is 0.0142. The fourth-order valence-corrected chi connectivity index (χ4v) is 5.98. The van der Waals surface area contributed by atoms with Gasteiger partial charge in [-0.1, -0.05) is 42.5 Å². The molecule has 29 heavy (non-hydrogen) atoms. The molecule has 0 bridgehead atoms. The van der Waals surface area contributed by atoms with Crippen molar-refractivity contribution in [1.29, 1.82) is 0 Å². The predicted octanol–water partition coefficient (Wildman–Crippen LogP) is 3.60. The Hall–Kier alpha value is -3.25. The number of carbonyl (C=O) groups is 2. The highest BCUT2D eigenvalue weighted by Crippen LogP contribution is 2.37. The molecule has 2 aliphatic rings. The second-order valence-corrected chi connectivity index (χ2v) is 9.21. The van der Waals surface area contributed by atoms with Crippen LogP contribution in [0.5, 0.6) is 0 Å². The molecule has 5 nitrogen and oxygen atoms in total. The monoisotopic (exact) mass is 403 g/mol. The van der Waals surface area contributed by atoms with Crippen molar-refractivity contribution >= 4 is 27.3 Å². The Morgan fingerprint density at radius 2 is 1.38 bits per heavy atom. The van der Waals surface area contributed by atoms with Gasteiger partial charge in [-0.3, -0.25) is 13.9 Å². The minimum atomic E-state index is -3.88. The van der Waals surface area contributed by atoms with Crippen molar-refractivity contribution < 1.29 is 18.0 Å². The summed E-state index contributed by atoms with van der Waals surface area (Å²) in [6.45, 7) is 1.86. The second-order valence-electron chi connectivity index (χ2n) is 7.39. The van der Waals surface area contributed by atoms with Crippen molar-refractivity contribution in [3.63, 3.8) is 0 Å². The summed E-state index contributed by atoms with van der Waals surface area (Å²) in [5.74, 6) is -0.596. The van der Waals surface area contributed by atoms with Gasteiger partial charge in [-0.25, -0.2) is 8.42 Å². The number of anilines is 1. The molecule has 1 unspecified atom stereocenters. The van der Waals surface area contributed by atoms with Gasteiger partial charge in [0.2, 0.25) is 0 Å². The van der Waals surface area contributed by atoms with Crippen LogP contribution in [0.15, 0.2) is 71.6 Å². The molecule has 1 aliphatic carbocycles. The third-order valence-electron chi connectivity index (χ3n) is 5.60. The van der Waals surface area contributed by atoms with Gasteiger partial charge >= 0.3 is 0 Å². The van der Waals surface area contributed by atoms with E-state index in [0.717, 1.165) is 5.56 Å². The number of sulfonamides is 1. The van der Waals surface area contributed by atoms with Gasteiger partial charge < -0.3 is 0 Å². The highest BCUT2D eigenvalue weighted by Gasteiger charge is 2.37. The van der Waals surface area contributed by atoms with Gasteiger partial charge in [0, 0.05) is 28.3 Å². The van der Waals surface area contributed by atoms with Crippen LogP contribution < -0.4 is 4.31 Å². The van der Waals surface area contributed by atoms with Crippen LogP contribution in [0.4, 0.5) is 5.69 Å². The normalized spacial score (nSPS) is 17.7. The Balaban J connectivity index is 1.64. The first-order valence-electron chi connectivity index (χ1n) is 9.34. The van der Waals surface area contributed by atoms with Crippen molar-refractivity contribution in [2.24, 2.45) is 0 Å². The van der Waals surface area contributed by atoms with E-state index in [1.165, 1.54) is 22.5 Å². The van der Waals surface area contributed by atoms with Gasteiger partial charge in [-0.15, -0.1) is 0 Å². The molecule has 5 rings (SSSR count). The third kappa shape index (κ3) is 2.49. The van der Waals surface area contributed by atoms with E-state index in [0.29, 0.717) is 23.2 Å². The maximum absolute atomic E-state index is 13.5. The molecule has 0 fully saturated rings. The maximum atomic E-state index is 13.5. The number of hydrogen-bond donors (Lipinski definition) is 0. The van der Waals surface area contributed by atoms with Crippen molar-refractivity contribution in [2.45, 2.75) is 24.3 Å². The first-order valence-corrected chi connectivity index (χ1v) is 10.8. The molecule has 144 valence electrons. The molecule has 1 atom stereocenters. The van der Waals surface area contributed by atoms with Crippen molar-refractivity contribution in [3.05, 3.63) is 94.5 Å². The van der Waals surface area contributed by atoms with E-state index in [-0.39, 0.29) is 33.6 Å². The van der Waals surface area contributed by atoms with Gasteiger partial charge in [0.25, 0.3) is 10.0 Å². The van der Waals surface area contributed by atoms with Crippen molar-refractivity contribution in [1.82, 2.24) is 0 Å². The molecule has 0 radical (unpaired) electrons. The van der Waals surface area contributed by atoms with Crippen LogP contribution >= 0.6 is 0 Å². The van der Waals surface area contributed by atoms with Crippen LogP contribution in [0.2, 0.25) is 0 Å². The average Bonchev–Trinajstić information content (AvgIpc) is 3.08. The summed E-state index contributed by atoms with van der Waals surface area (Å²) in [6, 6.07) is 18.0. The molecular weight excluding hydrogens is 386 g/mol. The van der Waals surface area contributed by atoms with E-state index in [1.807, 2.05) is 25.1 Å². The highest BCUT2D eigenvalue weighted by atomic mass is 32.2. The second kappa shape index (κ2) is 6.12. The number of ketones is 2. The zero-order valence-electron chi connectivity index (χ0n) is 15.6. The molecule has 0 aromatic heterocycles. The van der Waals surface area contributed by atoms with Crippen molar-refractivity contribution in [3.8, 4) is 0 Å². The number of benzene rings is 3. The summed E-state index contributed by atoms with van der Waals surface area (Å²) < 4.78 is 28.3. The number of nitrogens with zero attached hydrogens (tertiary/aromatic N) is 1. The zero-order valence-corrected chi connectivity index (χ0v) is 16.4. The Morgan fingerprint density at radius 1 is 0.793 bits per heavy atom. The SMILES string of the molecule is CC1Cc2ccccc2N1S(=O)(=O)c1ccc2c(c1)C(=O)c1ccccc1C2=O. The molecule has 6 heteroatoms. The molecule has 1 aliphatic heterocycles. The smallest absolute Gasteiger partial charge is 0.264 e. The van der Waals surface area contributed by atoms with Crippen LogP contribution in [0.1, 0.15) is 44.3 Å². The molecule has 0 spiro atoms. The van der Waals surface area contributed by atoms with E-state index in [1.54, 1.807) is 30.3 Å². The summed E-state index contributed by atoms with van der Waals surface area (Å²) in [7, 11) is -3.88. The van der Waals surface area contributed by atoms with Crippen LogP contribution in [0.25, 0.3) is 0 Å². The topological polar surface area (TPSA) is 71.5 Å². The third-order valence-corrected chi connectivity index (χ3v) is 7.52. The summed E-state index contributed by atoms with van der Waals surface area (Å²) in [5.41, 5.74) is 2.66. The lowest BCUT2D eigenvalue weighted by Crippen LogP contribution is -2.36. The summed E-state index contributed by atoms with van der Waals surface area (Å²) in [5, 5.41) is 0. The number of para-hydroxylation sites is 1.